The minimum absolute atomic E-state index is 0.0275. The first kappa shape index (κ1) is 21.0. The molecule has 1 aliphatic rings. The van der Waals surface area contributed by atoms with E-state index in [0.29, 0.717) is 19.1 Å². The molecule has 3 nitrogen and oxygen atoms in total. The average molecular weight is 361 g/mol. The van der Waals surface area contributed by atoms with Crippen LogP contribution in [0.4, 0.5) is 0 Å². The van der Waals surface area contributed by atoms with E-state index in [0.717, 1.165) is 44.9 Å². The zero-order valence-corrected chi connectivity index (χ0v) is 17.1. The number of aryl methyl sites for hydroxylation is 1. The molecule has 1 saturated carbocycles. The Balaban J connectivity index is 2.06. The van der Waals surface area contributed by atoms with E-state index >= 15 is 0 Å². The van der Waals surface area contributed by atoms with Crippen molar-refractivity contribution < 1.29 is 14.3 Å². The van der Waals surface area contributed by atoms with Crippen molar-refractivity contribution >= 4 is 5.97 Å². The SMILES string of the molecule is CCCCCC1(C(=O)OCC(C)C)CCCC1OCc1ccc(C)cc1. The molecule has 2 rings (SSSR count). The number of carbonyl (C=O) groups excluding carboxylic acids is 1. The van der Waals surface area contributed by atoms with Gasteiger partial charge in [-0.3, -0.25) is 4.79 Å². The molecule has 1 aliphatic carbocycles. The fourth-order valence-electron chi connectivity index (χ4n) is 3.86. The Bertz CT molecular complexity index is 549. The van der Waals surface area contributed by atoms with Crippen molar-refractivity contribution in [2.24, 2.45) is 11.3 Å². The first-order valence-electron chi connectivity index (χ1n) is 10.3. The fourth-order valence-corrected chi connectivity index (χ4v) is 3.86. The Morgan fingerprint density at radius 2 is 1.96 bits per heavy atom. The van der Waals surface area contributed by atoms with E-state index in [1.54, 1.807) is 0 Å². The molecular formula is C23H36O3. The van der Waals surface area contributed by atoms with Crippen LogP contribution in [-0.2, 0) is 20.9 Å². The number of hydrogen-bond donors (Lipinski definition) is 0. The van der Waals surface area contributed by atoms with Crippen LogP contribution in [0.3, 0.4) is 0 Å². The summed E-state index contributed by atoms with van der Waals surface area (Å²) >= 11 is 0. The molecular weight excluding hydrogens is 324 g/mol. The molecule has 0 spiro atoms. The zero-order chi connectivity index (χ0) is 19.0. The molecule has 3 heteroatoms. The van der Waals surface area contributed by atoms with E-state index < -0.39 is 5.41 Å². The second-order valence-corrected chi connectivity index (χ2v) is 8.28. The molecule has 1 aromatic carbocycles. The fraction of sp³-hybridized carbons (Fsp3) is 0.696. The lowest BCUT2D eigenvalue weighted by atomic mass is 9.79. The van der Waals surface area contributed by atoms with Crippen molar-refractivity contribution in [3.63, 3.8) is 0 Å². The van der Waals surface area contributed by atoms with E-state index in [-0.39, 0.29) is 12.1 Å². The Hall–Kier alpha value is -1.35. The molecule has 0 aromatic heterocycles. The van der Waals surface area contributed by atoms with E-state index in [2.05, 4.69) is 52.0 Å². The molecule has 0 bridgehead atoms. The normalized spacial score (nSPS) is 22.7. The number of ether oxygens (including phenoxy) is 2. The standard InChI is InChI=1S/C23H36O3/c1-5-6-7-14-23(22(24)26-16-18(2)3)15-8-9-21(23)25-17-20-12-10-19(4)11-13-20/h10-13,18,21H,5-9,14-17H2,1-4H3. The van der Waals surface area contributed by atoms with Gasteiger partial charge in [-0.1, -0.05) is 69.9 Å². The van der Waals surface area contributed by atoms with Crippen LogP contribution >= 0.6 is 0 Å². The van der Waals surface area contributed by atoms with Gasteiger partial charge in [0.2, 0.25) is 0 Å². The third-order valence-electron chi connectivity index (χ3n) is 5.46. The maximum atomic E-state index is 13.0. The van der Waals surface area contributed by atoms with Gasteiger partial charge in [-0.05, 0) is 44.1 Å². The first-order chi connectivity index (χ1) is 12.5. The van der Waals surface area contributed by atoms with Gasteiger partial charge in [-0.15, -0.1) is 0 Å². The number of esters is 1. The molecule has 1 aromatic rings. The first-order valence-corrected chi connectivity index (χ1v) is 10.3. The van der Waals surface area contributed by atoms with Gasteiger partial charge in [-0.2, -0.15) is 0 Å². The topological polar surface area (TPSA) is 35.5 Å². The van der Waals surface area contributed by atoms with Crippen molar-refractivity contribution in [3.8, 4) is 0 Å². The summed E-state index contributed by atoms with van der Waals surface area (Å²) in [5.41, 5.74) is 1.97. The molecule has 0 amide bonds. The summed E-state index contributed by atoms with van der Waals surface area (Å²) in [7, 11) is 0. The Kier molecular flexibility index (Phi) is 8.15. The van der Waals surface area contributed by atoms with E-state index in [9.17, 15) is 4.79 Å². The van der Waals surface area contributed by atoms with E-state index in [4.69, 9.17) is 9.47 Å². The molecule has 0 radical (unpaired) electrons. The monoisotopic (exact) mass is 360 g/mol. The zero-order valence-electron chi connectivity index (χ0n) is 17.1. The third kappa shape index (κ3) is 5.57. The Morgan fingerprint density at radius 1 is 1.23 bits per heavy atom. The number of unbranched alkanes of at least 4 members (excludes halogenated alkanes) is 2. The number of rotatable bonds is 10. The molecule has 0 aliphatic heterocycles. The lowest BCUT2D eigenvalue weighted by Crippen LogP contribution is -2.41. The van der Waals surface area contributed by atoms with Gasteiger partial charge in [0.25, 0.3) is 0 Å². The third-order valence-corrected chi connectivity index (χ3v) is 5.46. The Labute approximate surface area is 159 Å². The summed E-state index contributed by atoms with van der Waals surface area (Å²) in [6.45, 7) is 9.51. The minimum Gasteiger partial charge on any atom is -0.465 e. The van der Waals surface area contributed by atoms with E-state index in [1.165, 1.54) is 11.1 Å². The lowest BCUT2D eigenvalue weighted by Gasteiger charge is -2.33. The quantitative estimate of drug-likeness (QED) is 0.389. The van der Waals surface area contributed by atoms with Crippen molar-refractivity contribution in [1.29, 1.82) is 0 Å². The predicted molar refractivity (Wildman–Crippen MR) is 106 cm³/mol. The van der Waals surface area contributed by atoms with Crippen molar-refractivity contribution in [1.82, 2.24) is 0 Å². The van der Waals surface area contributed by atoms with Gasteiger partial charge in [0.05, 0.1) is 24.7 Å². The van der Waals surface area contributed by atoms with Gasteiger partial charge in [-0.25, -0.2) is 0 Å². The highest BCUT2D eigenvalue weighted by molar-refractivity contribution is 5.78. The van der Waals surface area contributed by atoms with E-state index in [1.807, 2.05) is 0 Å². The van der Waals surface area contributed by atoms with Gasteiger partial charge >= 0.3 is 5.97 Å². The highest BCUT2D eigenvalue weighted by Gasteiger charge is 2.50. The molecule has 0 saturated heterocycles. The van der Waals surface area contributed by atoms with Crippen LogP contribution in [0.5, 0.6) is 0 Å². The smallest absolute Gasteiger partial charge is 0.314 e. The van der Waals surface area contributed by atoms with Crippen LogP contribution in [0.15, 0.2) is 24.3 Å². The van der Waals surface area contributed by atoms with Crippen molar-refractivity contribution in [2.45, 2.75) is 85.4 Å². The maximum absolute atomic E-state index is 13.0. The summed E-state index contributed by atoms with van der Waals surface area (Å²) in [4.78, 5) is 13.0. The number of carbonyl (C=O) groups is 1. The van der Waals surface area contributed by atoms with Crippen LogP contribution in [0.1, 0.15) is 76.8 Å². The molecule has 2 atom stereocenters. The van der Waals surface area contributed by atoms with Crippen LogP contribution in [0.2, 0.25) is 0 Å². The summed E-state index contributed by atoms with van der Waals surface area (Å²) in [5.74, 6) is 0.327. The summed E-state index contributed by atoms with van der Waals surface area (Å²) in [6, 6.07) is 8.44. The minimum atomic E-state index is -0.450. The van der Waals surface area contributed by atoms with Crippen LogP contribution in [0, 0.1) is 18.3 Å². The largest absolute Gasteiger partial charge is 0.465 e. The lowest BCUT2D eigenvalue weighted by molar-refractivity contribution is -0.167. The Morgan fingerprint density at radius 3 is 2.62 bits per heavy atom. The van der Waals surface area contributed by atoms with Crippen LogP contribution in [0.25, 0.3) is 0 Å². The average Bonchev–Trinajstić information content (AvgIpc) is 3.03. The molecule has 0 heterocycles. The predicted octanol–water partition coefficient (Wildman–Crippen LogP) is 5.83. The highest BCUT2D eigenvalue weighted by atomic mass is 16.5. The molecule has 1 fully saturated rings. The number of hydrogen-bond acceptors (Lipinski definition) is 3. The van der Waals surface area contributed by atoms with Gasteiger partial charge in [0, 0.05) is 0 Å². The molecule has 26 heavy (non-hydrogen) atoms. The second-order valence-electron chi connectivity index (χ2n) is 8.28. The van der Waals surface area contributed by atoms with Crippen LogP contribution in [-0.4, -0.2) is 18.7 Å². The van der Waals surface area contributed by atoms with Gasteiger partial charge < -0.3 is 9.47 Å². The molecule has 2 unspecified atom stereocenters. The van der Waals surface area contributed by atoms with Crippen molar-refractivity contribution in [3.05, 3.63) is 35.4 Å². The maximum Gasteiger partial charge on any atom is 0.314 e. The molecule has 0 N–H and O–H groups in total. The van der Waals surface area contributed by atoms with Gasteiger partial charge in [0.15, 0.2) is 0 Å². The van der Waals surface area contributed by atoms with Crippen LogP contribution < -0.4 is 0 Å². The van der Waals surface area contributed by atoms with Crippen molar-refractivity contribution in [2.75, 3.05) is 6.61 Å². The number of benzene rings is 1. The highest BCUT2D eigenvalue weighted by Crippen LogP contribution is 2.46. The molecule has 146 valence electrons. The second kappa shape index (κ2) is 10.1. The summed E-state index contributed by atoms with van der Waals surface area (Å²) in [5, 5.41) is 0. The van der Waals surface area contributed by atoms with Gasteiger partial charge in [0.1, 0.15) is 0 Å². The summed E-state index contributed by atoms with van der Waals surface area (Å²) < 4.78 is 12.0. The summed E-state index contributed by atoms with van der Waals surface area (Å²) in [6.07, 6.45) is 7.13.